The Hall–Kier alpha value is -1.88. The first-order valence-corrected chi connectivity index (χ1v) is 10.9. The molecule has 2 aromatic carbocycles. The van der Waals surface area contributed by atoms with Crippen LogP contribution < -0.4 is 4.90 Å². The molecule has 1 aliphatic heterocycles. The summed E-state index contributed by atoms with van der Waals surface area (Å²) in [6.45, 7) is 8.26. The molecule has 0 unspecified atom stereocenters. The molecule has 0 aromatic heterocycles. The molecule has 3 nitrogen and oxygen atoms in total. The number of aryl methyl sites for hydroxylation is 1. The van der Waals surface area contributed by atoms with Gasteiger partial charge >= 0.3 is 0 Å². The van der Waals surface area contributed by atoms with Crippen LogP contribution in [0.4, 0.5) is 5.69 Å². The smallest absolute Gasteiger partial charge is 0.149 e. The van der Waals surface area contributed by atoms with E-state index in [0.29, 0.717) is 17.4 Å². The fourth-order valence-corrected chi connectivity index (χ4v) is 4.73. The van der Waals surface area contributed by atoms with Crippen LogP contribution in [0.3, 0.4) is 0 Å². The van der Waals surface area contributed by atoms with Gasteiger partial charge < -0.3 is 9.80 Å². The van der Waals surface area contributed by atoms with E-state index in [9.17, 15) is 0 Å². The fraction of sp³-hybridized carbons (Fsp3) is 0.227. The number of halogens is 2. The molecule has 0 radical (unpaired) electrons. The van der Waals surface area contributed by atoms with Gasteiger partial charge in [0.2, 0.25) is 0 Å². The lowest BCUT2D eigenvalue weighted by Crippen LogP contribution is -2.37. The lowest BCUT2D eigenvalue weighted by atomic mass is 10.1. The first kappa shape index (κ1) is 20.8. The lowest BCUT2D eigenvalue weighted by molar-refractivity contribution is 0.640. The van der Waals surface area contributed by atoms with Gasteiger partial charge in [-0.25, -0.2) is 0 Å². The van der Waals surface area contributed by atoms with Crippen LogP contribution in [0.1, 0.15) is 23.6 Å². The van der Waals surface area contributed by atoms with Crippen LogP contribution in [0.15, 0.2) is 61.1 Å². The minimum atomic E-state index is 0.388. The van der Waals surface area contributed by atoms with E-state index in [1.54, 1.807) is 11.8 Å². The van der Waals surface area contributed by atoms with Gasteiger partial charge in [-0.1, -0.05) is 48.8 Å². The Bertz CT molecular complexity index is 919. The van der Waals surface area contributed by atoms with Crippen LogP contribution in [0, 0.1) is 12.3 Å². The monoisotopic (exact) mass is 431 g/mol. The fourth-order valence-electron chi connectivity index (χ4n) is 3.20. The first-order chi connectivity index (χ1) is 13.4. The van der Waals surface area contributed by atoms with Crippen molar-refractivity contribution in [1.82, 2.24) is 4.90 Å². The second kappa shape index (κ2) is 9.08. The van der Waals surface area contributed by atoms with Crippen LogP contribution >= 0.6 is 35.0 Å². The van der Waals surface area contributed by atoms with Gasteiger partial charge in [0.1, 0.15) is 5.84 Å². The number of benzene rings is 2. The SMILES string of the molecule is C=C1C(=N)N(CSCc2cc(C)cc(Cl)c2)C=CN1c1cccc(Cl)c1CC. The molecule has 0 saturated carbocycles. The van der Waals surface area contributed by atoms with Crippen molar-refractivity contribution in [2.75, 3.05) is 10.8 Å². The zero-order chi connectivity index (χ0) is 20.3. The van der Waals surface area contributed by atoms with E-state index >= 15 is 0 Å². The predicted octanol–water partition coefficient (Wildman–Crippen LogP) is 6.84. The van der Waals surface area contributed by atoms with Crippen molar-refractivity contribution in [3.05, 3.63) is 87.8 Å². The number of hydrogen-bond donors (Lipinski definition) is 1. The summed E-state index contributed by atoms with van der Waals surface area (Å²) in [5.74, 6) is 1.90. The zero-order valence-corrected chi connectivity index (χ0v) is 18.3. The standard InChI is InChI=1S/C22H23Cl2N3S/c1-4-19-20(24)6-5-7-21(19)27-9-8-26(22(25)16(27)3)14-28-13-17-10-15(2)11-18(23)12-17/h5-12,25H,3-4,13-14H2,1-2H3. The summed E-state index contributed by atoms with van der Waals surface area (Å²) in [5.41, 5.74) is 5.02. The molecule has 3 rings (SSSR count). The van der Waals surface area contributed by atoms with Gasteiger partial charge in [0, 0.05) is 28.2 Å². The third kappa shape index (κ3) is 4.57. The molecule has 28 heavy (non-hydrogen) atoms. The Morgan fingerprint density at radius 2 is 1.93 bits per heavy atom. The summed E-state index contributed by atoms with van der Waals surface area (Å²) in [7, 11) is 0. The molecule has 0 atom stereocenters. The van der Waals surface area contributed by atoms with Gasteiger partial charge in [0.05, 0.1) is 17.3 Å². The average Bonchev–Trinajstić information content (AvgIpc) is 2.64. The number of thioether (sulfide) groups is 1. The average molecular weight is 432 g/mol. The van der Waals surface area contributed by atoms with Crippen LogP contribution in [0.25, 0.3) is 0 Å². The quantitative estimate of drug-likeness (QED) is 0.542. The van der Waals surface area contributed by atoms with E-state index in [1.807, 2.05) is 59.5 Å². The summed E-state index contributed by atoms with van der Waals surface area (Å²) in [5, 5.41) is 10.0. The van der Waals surface area contributed by atoms with Gasteiger partial charge in [-0.05, 0) is 54.3 Å². The molecule has 1 heterocycles. The van der Waals surface area contributed by atoms with Crippen LogP contribution in [0.2, 0.25) is 10.0 Å². The number of hydrogen-bond acceptors (Lipinski definition) is 3. The zero-order valence-electron chi connectivity index (χ0n) is 16.0. The molecular formula is C22H23Cl2N3S. The third-order valence-electron chi connectivity index (χ3n) is 4.56. The Morgan fingerprint density at radius 1 is 1.14 bits per heavy atom. The van der Waals surface area contributed by atoms with E-state index in [4.69, 9.17) is 28.6 Å². The van der Waals surface area contributed by atoms with Gasteiger partial charge in [-0.15, -0.1) is 11.8 Å². The van der Waals surface area contributed by atoms with E-state index in [1.165, 1.54) is 5.56 Å². The van der Waals surface area contributed by atoms with Gasteiger partial charge in [-0.2, -0.15) is 0 Å². The lowest BCUT2D eigenvalue weighted by Gasteiger charge is -2.34. The third-order valence-corrected chi connectivity index (χ3v) is 6.13. The number of nitrogens with zero attached hydrogens (tertiary/aromatic N) is 2. The Kier molecular flexibility index (Phi) is 6.76. The second-order valence-corrected chi connectivity index (χ2v) is 8.44. The molecule has 0 aliphatic carbocycles. The van der Waals surface area contributed by atoms with Crippen molar-refractivity contribution in [2.24, 2.45) is 0 Å². The molecule has 6 heteroatoms. The molecule has 0 bridgehead atoms. The normalized spacial score (nSPS) is 14.1. The van der Waals surface area contributed by atoms with Crippen molar-refractivity contribution in [1.29, 1.82) is 5.41 Å². The minimum Gasteiger partial charge on any atom is -0.321 e. The maximum Gasteiger partial charge on any atom is 0.149 e. The molecular weight excluding hydrogens is 409 g/mol. The highest BCUT2D eigenvalue weighted by atomic mass is 35.5. The van der Waals surface area contributed by atoms with Crippen LogP contribution in [-0.2, 0) is 12.2 Å². The second-order valence-electron chi connectivity index (χ2n) is 6.64. The maximum atomic E-state index is 8.53. The molecule has 1 N–H and O–H groups in total. The van der Waals surface area contributed by atoms with Gasteiger partial charge in [0.25, 0.3) is 0 Å². The highest BCUT2D eigenvalue weighted by Gasteiger charge is 2.23. The number of nitrogens with one attached hydrogen (secondary N) is 1. The molecule has 0 spiro atoms. The summed E-state index contributed by atoms with van der Waals surface area (Å²) >= 11 is 14.2. The molecule has 2 aromatic rings. The maximum absolute atomic E-state index is 8.53. The highest BCUT2D eigenvalue weighted by Crippen LogP contribution is 2.32. The summed E-state index contributed by atoms with van der Waals surface area (Å²) in [6.07, 6.45) is 4.70. The number of amidine groups is 1. The van der Waals surface area contributed by atoms with Crippen LogP contribution in [0.5, 0.6) is 0 Å². The van der Waals surface area contributed by atoms with Gasteiger partial charge in [-0.3, -0.25) is 5.41 Å². The van der Waals surface area contributed by atoms with Crippen molar-refractivity contribution in [2.45, 2.75) is 26.0 Å². The number of rotatable bonds is 6. The predicted molar refractivity (Wildman–Crippen MR) is 124 cm³/mol. The van der Waals surface area contributed by atoms with E-state index < -0.39 is 0 Å². The Labute approximate surface area is 181 Å². The van der Waals surface area contributed by atoms with Crippen molar-refractivity contribution < 1.29 is 0 Å². The van der Waals surface area contributed by atoms with E-state index in [-0.39, 0.29) is 0 Å². The largest absolute Gasteiger partial charge is 0.321 e. The Balaban J connectivity index is 1.70. The molecule has 0 amide bonds. The van der Waals surface area contributed by atoms with E-state index in [0.717, 1.165) is 39.0 Å². The van der Waals surface area contributed by atoms with Crippen molar-refractivity contribution in [3.63, 3.8) is 0 Å². The Morgan fingerprint density at radius 3 is 2.64 bits per heavy atom. The van der Waals surface area contributed by atoms with Crippen molar-refractivity contribution >= 4 is 46.5 Å². The highest BCUT2D eigenvalue weighted by molar-refractivity contribution is 7.98. The molecule has 0 saturated heterocycles. The minimum absolute atomic E-state index is 0.388. The summed E-state index contributed by atoms with van der Waals surface area (Å²) in [6, 6.07) is 11.9. The molecule has 0 fully saturated rings. The van der Waals surface area contributed by atoms with Gasteiger partial charge in [0.15, 0.2) is 0 Å². The molecule has 1 aliphatic rings. The number of anilines is 1. The van der Waals surface area contributed by atoms with E-state index in [2.05, 4.69) is 19.6 Å². The summed E-state index contributed by atoms with van der Waals surface area (Å²) in [4.78, 5) is 3.84. The van der Waals surface area contributed by atoms with Crippen molar-refractivity contribution in [3.8, 4) is 0 Å². The summed E-state index contributed by atoms with van der Waals surface area (Å²) < 4.78 is 0. The first-order valence-electron chi connectivity index (χ1n) is 9.04. The molecule has 146 valence electrons. The van der Waals surface area contributed by atoms with Crippen LogP contribution in [-0.4, -0.2) is 16.6 Å². The topological polar surface area (TPSA) is 30.3 Å².